The molecule has 170 valence electrons. The van der Waals surface area contributed by atoms with Crippen LogP contribution in [0.3, 0.4) is 0 Å². The summed E-state index contributed by atoms with van der Waals surface area (Å²) < 4.78 is 70.6. The molecule has 0 saturated carbocycles. The van der Waals surface area contributed by atoms with E-state index in [-0.39, 0.29) is 17.3 Å². The smallest absolute Gasteiger partial charge is 0.416 e. The summed E-state index contributed by atoms with van der Waals surface area (Å²) in [5, 5.41) is 2.86. The molecule has 32 heavy (non-hydrogen) atoms. The number of halogens is 4. The lowest BCUT2D eigenvalue weighted by Gasteiger charge is -2.18. The van der Waals surface area contributed by atoms with E-state index in [1.165, 1.54) is 35.7 Å². The number of sulfonamides is 1. The molecule has 0 unspecified atom stereocenters. The molecular formula is C21H19BrF3N3O3S. The normalized spacial score (nSPS) is 12.1. The zero-order chi connectivity index (χ0) is 23.5. The van der Waals surface area contributed by atoms with Gasteiger partial charge in [-0.15, -0.1) is 0 Å². The molecule has 2 aromatic carbocycles. The zero-order valence-electron chi connectivity index (χ0n) is 17.0. The van der Waals surface area contributed by atoms with Crippen LogP contribution in [0.15, 0.2) is 70.2 Å². The van der Waals surface area contributed by atoms with E-state index < -0.39 is 21.8 Å². The number of benzene rings is 2. The SMILES string of the molecule is COc1ccc(CN(C)S(=O)(=O)c2cnc(Nc3ccc(C(F)(F)F)cc3)c(Br)c2)cc1. The van der Waals surface area contributed by atoms with E-state index in [4.69, 9.17) is 4.74 Å². The third kappa shape index (κ3) is 5.59. The molecule has 1 aromatic heterocycles. The first-order valence-electron chi connectivity index (χ1n) is 9.20. The third-order valence-corrected chi connectivity index (χ3v) is 6.94. The Kier molecular flexibility index (Phi) is 7.11. The molecular weight excluding hydrogens is 511 g/mol. The van der Waals surface area contributed by atoms with E-state index in [0.29, 0.717) is 15.9 Å². The second-order valence-corrected chi connectivity index (χ2v) is 9.71. The van der Waals surface area contributed by atoms with Gasteiger partial charge in [0, 0.05) is 25.5 Å². The Morgan fingerprint density at radius 3 is 2.25 bits per heavy atom. The number of nitrogens with one attached hydrogen (secondary N) is 1. The lowest BCUT2D eigenvalue weighted by atomic mass is 10.2. The van der Waals surface area contributed by atoms with Gasteiger partial charge in [-0.05, 0) is 64.0 Å². The summed E-state index contributed by atoms with van der Waals surface area (Å²) >= 11 is 3.27. The third-order valence-electron chi connectivity index (χ3n) is 4.56. The van der Waals surface area contributed by atoms with Crippen LogP contribution in [-0.2, 0) is 22.7 Å². The van der Waals surface area contributed by atoms with Gasteiger partial charge < -0.3 is 10.1 Å². The van der Waals surface area contributed by atoms with Crippen molar-refractivity contribution in [1.82, 2.24) is 9.29 Å². The lowest BCUT2D eigenvalue weighted by molar-refractivity contribution is -0.137. The van der Waals surface area contributed by atoms with Crippen LogP contribution in [0.4, 0.5) is 24.7 Å². The van der Waals surface area contributed by atoms with E-state index in [9.17, 15) is 21.6 Å². The quantitative estimate of drug-likeness (QED) is 0.441. The first kappa shape index (κ1) is 24.0. The van der Waals surface area contributed by atoms with Crippen molar-refractivity contribution in [3.8, 4) is 5.75 Å². The van der Waals surface area contributed by atoms with Gasteiger partial charge in [-0.1, -0.05) is 12.1 Å². The minimum Gasteiger partial charge on any atom is -0.497 e. The fraction of sp³-hybridized carbons (Fsp3) is 0.190. The highest BCUT2D eigenvalue weighted by molar-refractivity contribution is 9.10. The van der Waals surface area contributed by atoms with E-state index in [1.807, 2.05) is 0 Å². The largest absolute Gasteiger partial charge is 0.497 e. The number of nitrogens with zero attached hydrogens (tertiary/aromatic N) is 2. The van der Waals surface area contributed by atoms with Crippen LogP contribution >= 0.6 is 15.9 Å². The highest BCUT2D eigenvalue weighted by Crippen LogP contribution is 2.32. The maximum Gasteiger partial charge on any atom is 0.416 e. The van der Waals surface area contributed by atoms with Crippen molar-refractivity contribution in [2.75, 3.05) is 19.5 Å². The van der Waals surface area contributed by atoms with Gasteiger partial charge in [0.05, 0.1) is 17.1 Å². The lowest BCUT2D eigenvalue weighted by Crippen LogP contribution is -2.26. The minimum atomic E-state index is -4.43. The second-order valence-electron chi connectivity index (χ2n) is 6.81. The molecule has 0 aliphatic carbocycles. The van der Waals surface area contributed by atoms with Crippen molar-refractivity contribution in [2.45, 2.75) is 17.6 Å². The molecule has 0 fully saturated rings. The average molecular weight is 530 g/mol. The van der Waals surface area contributed by atoms with Crippen molar-refractivity contribution in [2.24, 2.45) is 0 Å². The number of ether oxygens (including phenoxy) is 1. The van der Waals surface area contributed by atoms with E-state index in [2.05, 4.69) is 26.2 Å². The molecule has 0 bridgehead atoms. The van der Waals surface area contributed by atoms with Crippen molar-refractivity contribution < 1.29 is 26.3 Å². The number of pyridine rings is 1. The Hall–Kier alpha value is -2.63. The van der Waals surface area contributed by atoms with Gasteiger partial charge in [0.15, 0.2) is 0 Å². The second kappa shape index (κ2) is 9.47. The predicted molar refractivity (Wildman–Crippen MR) is 118 cm³/mol. The highest BCUT2D eigenvalue weighted by atomic mass is 79.9. The number of aromatic nitrogens is 1. The van der Waals surface area contributed by atoms with Gasteiger partial charge in [-0.3, -0.25) is 0 Å². The molecule has 0 spiro atoms. The Bertz CT molecular complexity index is 1190. The molecule has 0 atom stereocenters. The molecule has 6 nitrogen and oxygen atoms in total. The maximum atomic E-state index is 12.9. The summed E-state index contributed by atoms with van der Waals surface area (Å²) in [5.74, 6) is 0.935. The number of methoxy groups -OCH3 is 1. The minimum absolute atomic E-state index is 0.0293. The van der Waals surface area contributed by atoms with Gasteiger partial charge >= 0.3 is 6.18 Å². The van der Waals surface area contributed by atoms with Gasteiger partial charge in [0.2, 0.25) is 10.0 Å². The van der Waals surface area contributed by atoms with Crippen LogP contribution in [0, 0.1) is 0 Å². The summed E-state index contributed by atoms with van der Waals surface area (Å²) in [6, 6.07) is 12.9. The molecule has 11 heteroatoms. The van der Waals surface area contributed by atoms with Crippen LogP contribution in [0.1, 0.15) is 11.1 Å². The Morgan fingerprint density at radius 1 is 1.09 bits per heavy atom. The Balaban J connectivity index is 1.75. The van der Waals surface area contributed by atoms with Gasteiger partial charge in [0.1, 0.15) is 16.5 Å². The topological polar surface area (TPSA) is 71.5 Å². The summed E-state index contributed by atoms with van der Waals surface area (Å²) in [4.78, 5) is 4.09. The Labute approximate surface area is 192 Å². The number of anilines is 2. The fourth-order valence-electron chi connectivity index (χ4n) is 2.79. The number of alkyl halides is 3. The van der Waals surface area contributed by atoms with Crippen molar-refractivity contribution in [3.05, 3.63) is 76.4 Å². The number of hydrogen-bond acceptors (Lipinski definition) is 5. The van der Waals surface area contributed by atoms with Crippen LogP contribution in [0.5, 0.6) is 5.75 Å². The molecule has 0 aliphatic heterocycles. The van der Waals surface area contributed by atoms with Gasteiger partial charge in [-0.2, -0.15) is 17.5 Å². The molecule has 1 heterocycles. The summed E-state index contributed by atoms with van der Waals surface area (Å²) in [6.07, 6.45) is -3.23. The molecule has 3 rings (SSSR count). The standard InChI is InChI=1S/C21H19BrF3N3O3S/c1-28(13-14-3-9-17(31-2)10-4-14)32(29,30)18-11-19(22)20(26-12-18)27-16-7-5-15(6-8-16)21(23,24)25/h3-12H,13H2,1-2H3,(H,26,27). The molecule has 0 saturated heterocycles. The summed E-state index contributed by atoms with van der Waals surface area (Å²) in [5.41, 5.74) is 0.388. The van der Waals surface area contributed by atoms with Gasteiger partial charge in [-0.25, -0.2) is 13.4 Å². The first-order valence-corrected chi connectivity index (χ1v) is 11.4. The molecule has 0 aliphatic rings. The van der Waals surface area contributed by atoms with E-state index >= 15 is 0 Å². The molecule has 3 aromatic rings. The number of hydrogen-bond donors (Lipinski definition) is 1. The van der Waals surface area contributed by atoms with Crippen molar-refractivity contribution >= 4 is 37.5 Å². The monoisotopic (exact) mass is 529 g/mol. The summed E-state index contributed by atoms with van der Waals surface area (Å²) in [7, 11) is -0.822. The van der Waals surface area contributed by atoms with Crippen LogP contribution in [-0.4, -0.2) is 31.9 Å². The van der Waals surface area contributed by atoms with Crippen LogP contribution in [0.2, 0.25) is 0 Å². The van der Waals surface area contributed by atoms with Crippen LogP contribution < -0.4 is 10.1 Å². The number of rotatable bonds is 7. The van der Waals surface area contributed by atoms with Gasteiger partial charge in [0.25, 0.3) is 0 Å². The molecule has 0 amide bonds. The highest BCUT2D eigenvalue weighted by Gasteiger charge is 2.30. The summed E-state index contributed by atoms with van der Waals surface area (Å²) in [6.45, 7) is 0.148. The van der Waals surface area contributed by atoms with Crippen LogP contribution in [0.25, 0.3) is 0 Å². The first-order chi connectivity index (χ1) is 15.0. The predicted octanol–water partition coefficient (Wildman–Crippen LogP) is 5.44. The fourth-order valence-corrected chi connectivity index (χ4v) is 4.52. The maximum absolute atomic E-state index is 12.9. The molecule has 0 radical (unpaired) electrons. The van der Waals surface area contributed by atoms with Crippen molar-refractivity contribution in [1.29, 1.82) is 0 Å². The van der Waals surface area contributed by atoms with E-state index in [0.717, 1.165) is 17.7 Å². The molecule has 1 N–H and O–H groups in total. The van der Waals surface area contributed by atoms with E-state index in [1.54, 1.807) is 31.4 Å². The van der Waals surface area contributed by atoms with Crippen molar-refractivity contribution in [3.63, 3.8) is 0 Å². The average Bonchev–Trinajstić information content (AvgIpc) is 2.75. The zero-order valence-corrected chi connectivity index (χ0v) is 19.4. The Morgan fingerprint density at radius 2 is 1.72 bits per heavy atom.